The number of hydrogen-bond acceptors (Lipinski definition) is 7. The highest BCUT2D eigenvalue weighted by Gasteiger charge is 2.22. The van der Waals surface area contributed by atoms with Crippen LogP contribution in [0.4, 0.5) is 0 Å². The smallest absolute Gasteiger partial charge is 0.134 e. The molecule has 7 aromatic carbocycles. The first-order valence-corrected chi connectivity index (χ1v) is 35.3. The van der Waals surface area contributed by atoms with Crippen LogP contribution in [-0.2, 0) is 37.9 Å². The van der Waals surface area contributed by atoms with Crippen LogP contribution >= 0.6 is 45.3 Å². The number of benzene rings is 7. The summed E-state index contributed by atoms with van der Waals surface area (Å²) in [5.41, 5.74) is 11.4. The number of furan rings is 3. The maximum atomic E-state index is 5.73. The molecule has 14 aromatic rings. The van der Waals surface area contributed by atoms with E-state index < -0.39 is 0 Å². The van der Waals surface area contributed by atoms with Gasteiger partial charge in [0.25, 0.3) is 0 Å². The van der Waals surface area contributed by atoms with Gasteiger partial charge in [0.05, 0.1) is 12.5 Å². The molecule has 3 nitrogen and oxygen atoms in total. The largest absolute Gasteiger partial charge is 0.464 e. The molecule has 7 heterocycles. The summed E-state index contributed by atoms with van der Waals surface area (Å²) >= 11 is 7.37. The predicted molar refractivity (Wildman–Crippen MR) is 407 cm³/mol. The second kappa shape index (κ2) is 28.5. The summed E-state index contributed by atoms with van der Waals surface area (Å²) in [4.78, 5) is 1.47. The lowest BCUT2D eigenvalue weighted by Gasteiger charge is -2.18. The van der Waals surface area contributed by atoms with Gasteiger partial charge in [0.2, 0.25) is 0 Å². The van der Waals surface area contributed by atoms with Gasteiger partial charge in [-0.15, -0.1) is 45.3 Å². The second-order valence-corrected chi connectivity index (χ2v) is 34.7. The molecular weight excluding hydrogens is 1190 g/mol. The molecule has 476 valence electrons. The number of thiophene rings is 4. The molecule has 14 rings (SSSR count). The molecule has 0 unspecified atom stereocenters. The van der Waals surface area contributed by atoms with Gasteiger partial charge in [-0.2, -0.15) is 0 Å². The lowest BCUT2D eigenvalue weighted by Crippen LogP contribution is -2.10. The normalized spacial score (nSPS) is 12.2. The fourth-order valence-corrected chi connectivity index (χ4v) is 14.0. The summed E-state index contributed by atoms with van der Waals surface area (Å²) < 4.78 is 22.1. The molecule has 0 saturated carbocycles. The maximum absolute atomic E-state index is 5.73. The molecule has 91 heavy (non-hydrogen) atoms. The minimum atomic E-state index is 0.0962. The van der Waals surface area contributed by atoms with Gasteiger partial charge in [0, 0.05) is 50.8 Å². The lowest BCUT2D eigenvalue weighted by atomic mass is 9.87. The molecule has 0 aliphatic heterocycles. The summed E-state index contributed by atoms with van der Waals surface area (Å²) in [5, 5.41) is 15.7. The Hall–Kier alpha value is -7.00. The number of para-hydroxylation sites is 2. The Kier molecular flexibility index (Phi) is 21.9. The number of fused-ring (bicyclic) bond motifs is 7. The summed E-state index contributed by atoms with van der Waals surface area (Å²) in [6, 6.07) is 64.1. The minimum Gasteiger partial charge on any atom is -0.464 e. The van der Waals surface area contributed by atoms with E-state index in [4.69, 9.17) is 13.3 Å². The third kappa shape index (κ3) is 18.8. The van der Waals surface area contributed by atoms with Gasteiger partial charge in [0.15, 0.2) is 0 Å². The Morgan fingerprint density at radius 3 is 1.42 bits per heavy atom. The molecule has 0 amide bonds. The monoisotopic (exact) mass is 1280 g/mol. The third-order valence-electron chi connectivity index (χ3n) is 15.9. The molecule has 0 saturated heterocycles. The van der Waals surface area contributed by atoms with Crippen molar-refractivity contribution >= 4 is 119 Å². The number of hydrogen-bond donors (Lipinski definition) is 0. The van der Waals surface area contributed by atoms with Crippen LogP contribution in [0.3, 0.4) is 0 Å². The lowest BCUT2D eigenvalue weighted by molar-refractivity contribution is 0.430. The van der Waals surface area contributed by atoms with Crippen LogP contribution in [0.25, 0.3) is 73.3 Å². The highest BCUT2D eigenvalue weighted by Crippen LogP contribution is 2.37. The average molecular weight is 1280 g/mol. The molecule has 0 bridgehead atoms. The van der Waals surface area contributed by atoms with E-state index in [1.807, 2.05) is 82.7 Å². The molecule has 0 N–H and O–H groups in total. The average Bonchev–Trinajstić information content (AvgIpc) is 2.50. The predicted octanol–water partition coefficient (Wildman–Crippen LogP) is 28.0. The summed E-state index contributed by atoms with van der Waals surface area (Å²) in [6.07, 6.45) is 3.60. The molecule has 0 spiro atoms. The van der Waals surface area contributed by atoms with Gasteiger partial charge < -0.3 is 13.3 Å². The van der Waals surface area contributed by atoms with Crippen LogP contribution in [0, 0.1) is 0 Å². The van der Waals surface area contributed by atoms with Gasteiger partial charge in [-0.05, 0) is 171 Å². The molecule has 7 aromatic heterocycles. The van der Waals surface area contributed by atoms with E-state index in [-0.39, 0.29) is 37.9 Å². The Morgan fingerprint density at radius 1 is 0.297 bits per heavy atom. The van der Waals surface area contributed by atoms with Crippen LogP contribution in [0.15, 0.2) is 224 Å². The van der Waals surface area contributed by atoms with Gasteiger partial charge in [-0.3, -0.25) is 0 Å². The molecule has 0 aliphatic rings. The van der Waals surface area contributed by atoms with E-state index >= 15 is 0 Å². The zero-order valence-corrected chi connectivity index (χ0v) is 61.3. The van der Waals surface area contributed by atoms with Crippen LogP contribution in [0.2, 0.25) is 0 Å². The van der Waals surface area contributed by atoms with Crippen molar-refractivity contribution in [1.29, 1.82) is 0 Å². The van der Waals surface area contributed by atoms with Crippen molar-refractivity contribution in [3.63, 3.8) is 0 Å². The Morgan fingerprint density at radius 2 is 0.813 bits per heavy atom. The first kappa shape index (κ1) is 69.9. The van der Waals surface area contributed by atoms with Crippen molar-refractivity contribution in [3.05, 3.63) is 249 Å². The Bertz CT molecular complexity index is 4100. The van der Waals surface area contributed by atoms with Gasteiger partial charge >= 0.3 is 0 Å². The van der Waals surface area contributed by atoms with Crippen LogP contribution < -0.4 is 0 Å². The van der Waals surface area contributed by atoms with E-state index in [0.29, 0.717) is 0 Å². The van der Waals surface area contributed by atoms with Gasteiger partial charge in [0.1, 0.15) is 22.5 Å². The highest BCUT2D eigenvalue weighted by atomic mass is 32.1. The summed E-state index contributed by atoms with van der Waals surface area (Å²) in [5.74, 6) is 1.05. The second-order valence-electron chi connectivity index (χ2n) is 30.9. The molecule has 0 aliphatic carbocycles. The van der Waals surface area contributed by atoms with Crippen molar-refractivity contribution < 1.29 is 13.3 Å². The summed E-state index contributed by atoms with van der Waals surface area (Å²) in [6.45, 7) is 46.8. The van der Waals surface area contributed by atoms with Crippen LogP contribution in [-0.4, -0.2) is 0 Å². The third-order valence-corrected chi connectivity index (χ3v) is 20.2. The van der Waals surface area contributed by atoms with E-state index in [1.54, 1.807) is 17.6 Å². The van der Waals surface area contributed by atoms with Crippen molar-refractivity contribution in [2.24, 2.45) is 0 Å². The quantitative estimate of drug-likeness (QED) is 0.152. The first-order valence-electron chi connectivity index (χ1n) is 31.9. The summed E-state index contributed by atoms with van der Waals surface area (Å²) in [7, 11) is 0. The van der Waals surface area contributed by atoms with Crippen molar-refractivity contribution in [3.8, 4) is 0 Å². The molecule has 0 radical (unpaired) electrons. The maximum Gasteiger partial charge on any atom is 0.134 e. The SMILES string of the molecule is CC(C)(C)c1cc2ccccc2o1.CC(C)(C)c1cc2ccccc2s1.CC(C)(C)c1ccc2ccoc2c1.CC(C)(C)c1ccc2ccsc2c1.CC(C)(C)c1ccc2sccc2c1.CC(C)(C)c1coc2ccccc12.CC(C)(C)c1csc2ccccc12. The van der Waals surface area contributed by atoms with Crippen molar-refractivity contribution in [2.45, 2.75) is 183 Å². The molecule has 0 fully saturated rings. The van der Waals surface area contributed by atoms with E-state index in [0.717, 1.165) is 22.5 Å². The van der Waals surface area contributed by atoms with E-state index in [2.05, 4.69) is 301 Å². The van der Waals surface area contributed by atoms with Crippen LogP contribution in [0.1, 0.15) is 184 Å². The van der Waals surface area contributed by atoms with Crippen molar-refractivity contribution in [1.82, 2.24) is 0 Å². The standard InChI is InChI=1S/3C12H14O.4C12H14S/c1-12(2,3)10-5-4-9-6-7-13-11(9)8-10;1-12(2,3)10-8-13-11-7-5-4-6-9(10)11;1-12(2,3)11-8-9-6-4-5-7-10(9)13-11;1-12(2,3)10-4-5-11-9(8-10)6-7-13-11;1-12(2,3)10-5-4-9-6-7-13-11(9)8-10;1-12(2,3)10-8-13-11-7-5-4-6-9(10)11;1-12(2,3)11-8-9-6-4-5-7-10(9)13-11/h7*4-8H,1-3H3. The number of rotatable bonds is 0. The zero-order valence-electron chi connectivity index (χ0n) is 58.1. The van der Waals surface area contributed by atoms with Crippen LogP contribution in [0.5, 0.6) is 0 Å². The Balaban J connectivity index is 0.000000137. The topological polar surface area (TPSA) is 39.4 Å². The van der Waals surface area contributed by atoms with Gasteiger partial charge in [-0.1, -0.05) is 249 Å². The molecular formula is C84H98O3S4. The van der Waals surface area contributed by atoms with E-state index in [9.17, 15) is 0 Å². The fourth-order valence-electron chi connectivity index (χ4n) is 10.1. The van der Waals surface area contributed by atoms with Crippen molar-refractivity contribution in [2.75, 3.05) is 0 Å². The zero-order chi connectivity index (χ0) is 66.3. The molecule has 0 atom stereocenters. The fraction of sp³-hybridized carbons (Fsp3) is 0.333. The minimum absolute atomic E-state index is 0.0962. The highest BCUT2D eigenvalue weighted by molar-refractivity contribution is 7.19. The van der Waals surface area contributed by atoms with E-state index in [1.165, 1.54) is 89.2 Å². The first-order chi connectivity index (χ1) is 42.5. The Labute approximate surface area is 560 Å². The molecule has 7 heteroatoms. The van der Waals surface area contributed by atoms with Gasteiger partial charge in [-0.25, -0.2) is 0 Å².